The molecular formula is C16H18F2N4O3. The van der Waals surface area contributed by atoms with Crippen LogP contribution in [-0.2, 0) is 11.3 Å². The Morgan fingerprint density at radius 2 is 2.08 bits per heavy atom. The van der Waals surface area contributed by atoms with Crippen LogP contribution < -0.4 is 10.1 Å². The molecule has 0 radical (unpaired) electrons. The van der Waals surface area contributed by atoms with Gasteiger partial charge in [0.2, 0.25) is 0 Å². The molecule has 1 saturated carbocycles. The highest BCUT2D eigenvalue weighted by molar-refractivity contribution is 5.85. The fraction of sp³-hybridized carbons (Fsp3) is 0.438. The second kappa shape index (κ2) is 6.40. The monoisotopic (exact) mass is 352 g/mol. The zero-order valence-electron chi connectivity index (χ0n) is 13.6. The quantitative estimate of drug-likeness (QED) is 0.821. The van der Waals surface area contributed by atoms with Gasteiger partial charge in [-0.2, -0.15) is 8.78 Å². The molecule has 2 N–H and O–H groups in total. The third-order valence-electron chi connectivity index (χ3n) is 4.36. The van der Waals surface area contributed by atoms with E-state index in [9.17, 15) is 18.7 Å². The third kappa shape index (κ3) is 3.19. The number of carbonyl (C=O) groups is 1. The average molecular weight is 352 g/mol. The smallest absolute Gasteiger partial charge is 0.352 e. The van der Waals surface area contributed by atoms with Crippen LogP contribution in [-0.4, -0.2) is 44.6 Å². The van der Waals surface area contributed by atoms with Crippen molar-refractivity contribution in [1.29, 1.82) is 0 Å². The highest BCUT2D eigenvalue weighted by Crippen LogP contribution is 2.44. The number of carbonyl (C=O) groups excluding carboxylic acids is 1. The normalized spacial score (nSPS) is 16.2. The van der Waals surface area contributed by atoms with E-state index in [1.807, 2.05) is 0 Å². The Labute approximate surface area is 142 Å². The molecule has 0 spiro atoms. The van der Waals surface area contributed by atoms with Crippen molar-refractivity contribution in [2.75, 3.05) is 7.11 Å². The second-order valence-electron chi connectivity index (χ2n) is 5.99. The Bertz CT molecular complexity index is 757. The van der Waals surface area contributed by atoms with Gasteiger partial charge in [-0.3, -0.25) is 4.79 Å². The molecule has 1 aromatic carbocycles. The number of nitrogens with zero attached hydrogens (tertiary/aromatic N) is 3. The van der Waals surface area contributed by atoms with E-state index in [0.717, 1.165) is 0 Å². The van der Waals surface area contributed by atoms with Gasteiger partial charge < -0.3 is 15.2 Å². The predicted molar refractivity (Wildman–Crippen MR) is 83.5 cm³/mol. The maximum atomic E-state index is 14.0. The molecule has 0 bridgehead atoms. The van der Waals surface area contributed by atoms with Crippen molar-refractivity contribution < 1.29 is 23.4 Å². The number of hydrogen-bond acceptors (Lipinski definition) is 5. The van der Waals surface area contributed by atoms with Gasteiger partial charge in [0, 0.05) is 0 Å². The standard InChI is InChI=1S/C16H18F2N4O3/c1-25-13-5-3-12(4-6-13)22-10-11(20-21-22)9-19-14(23)16(17,18)15(24)7-2-8-15/h3-6,10,24H,2,7-9H2,1H3,(H,19,23). The number of hydrogen-bond donors (Lipinski definition) is 2. The van der Waals surface area contributed by atoms with Gasteiger partial charge >= 0.3 is 5.92 Å². The summed E-state index contributed by atoms with van der Waals surface area (Å²) in [6.45, 7) is -0.208. The number of benzene rings is 1. The lowest BCUT2D eigenvalue weighted by atomic mass is 9.75. The van der Waals surface area contributed by atoms with Gasteiger partial charge in [0.1, 0.15) is 17.0 Å². The van der Waals surface area contributed by atoms with E-state index in [1.165, 1.54) is 10.9 Å². The summed E-state index contributed by atoms with van der Waals surface area (Å²) in [5.41, 5.74) is -1.21. The summed E-state index contributed by atoms with van der Waals surface area (Å²) < 4.78 is 34.5. The predicted octanol–water partition coefficient (Wildman–Crippen LogP) is 1.44. The molecule has 1 aliphatic rings. The molecule has 0 atom stereocenters. The number of alkyl halides is 2. The molecule has 1 aromatic heterocycles. The Morgan fingerprint density at radius 1 is 1.40 bits per heavy atom. The van der Waals surface area contributed by atoms with E-state index in [1.54, 1.807) is 31.4 Å². The summed E-state index contributed by atoms with van der Waals surface area (Å²) >= 11 is 0. The summed E-state index contributed by atoms with van der Waals surface area (Å²) in [6, 6.07) is 7.02. The number of aromatic nitrogens is 3. The number of aliphatic hydroxyl groups is 1. The molecular weight excluding hydrogens is 334 g/mol. The summed E-state index contributed by atoms with van der Waals surface area (Å²) in [5, 5.41) is 19.6. The minimum atomic E-state index is -3.82. The first-order chi connectivity index (χ1) is 11.9. The third-order valence-corrected chi connectivity index (χ3v) is 4.36. The average Bonchev–Trinajstić information content (AvgIpc) is 3.06. The van der Waals surface area contributed by atoms with Crippen LogP contribution in [0, 0.1) is 0 Å². The van der Waals surface area contributed by atoms with E-state index in [4.69, 9.17) is 4.74 Å². The number of methoxy groups -OCH3 is 1. The summed E-state index contributed by atoms with van der Waals surface area (Å²) in [4.78, 5) is 11.7. The molecule has 134 valence electrons. The fourth-order valence-electron chi connectivity index (χ4n) is 2.56. The minimum absolute atomic E-state index is 0.0823. The molecule has 1 fully saturated rings. The van der Waals surface area contributed by atoms with Gasteiger partial charge in [-0.15, -0.1) is 5.10 Å². The molecule has 3 rings (SSSR count). The Kier molecular flexibility index (Phi) is 4.42. The number of amides is 1. The van der Waals surface area contributed by atoms with Crippen molar-refractivity contribution in [2.45, 2.75) is 37.3 Å². The topological polar surface area (TPSA) is 89.3 Å². The van der Waals surface area contributed by atoms with Gasteiger partial charge in [0.15, 0.2) is 0 Å². The van der Waals surface area contributed by atoms with E-state index < -0.39 is 17.4 Å². The van der Waals surface area contributed by atoms with Crippen LogP contribution >= 0.6 is 0 Å². The van der Waals surface area contributed by atoms with Crippen molar-refractivity contribution in [1.82, 2.24) is 20.3 Å². The van der Waals surface area contributed by atoms with Crippen molar-refractivity contribution in [3.63, 3.8) is 0 Å². The molecule has 2 aromatic rings. The lowest BCUT2D eigenvalue weighted by Gasteiger charge is -2.41. The van der Waals surface area contributed by atoms with E-state index in [2.05, 4.69) is 15.6 Å². The van der Waals surface area contributed by atoms with Crippen LogP contribution in [0.25, 0.3) is 5.69 Å². The van der Waals surface area contributed by atoms with Crippen LogP contribution in [0.15, 0.2) is 30.5 Å². The lowest BCUT2D eigenvalue weighted by molar-refractivity contribution is -0.216. The summed E-state index contributed by atoms with van der Waals surface area (Å²) in [5.74, 6) is -4.64. The molecule has 1 amide bonds. The van der Waals surface area contributed by atoms with Crippen LogP contribution in [0.1, 0.15) is 25.0 Å². The van der Waals surface area contributed by atoms with Crippen LogP contribution in [0.2, 0.25) is 0 Å². The zero-order chi connectivity index (χ0) is 18.1. The number of ether oxygens (including phenoxy) is 1. The van der Waals surface area contributed by atoms with Crippen molar-refractivity contribution in [2.24, 2.45) is 0 Å². The zero-order valence-corrected chi connectivity index (χ0v) is 13.6. The van der Waals surface area contributed by atoms with E-state index >= 15 is 0 Å². The lowest BCUT2D eigenvalue weighted by Crippen LogP contribution is -2.60. The molecule has 0 saturated heterocycles. The maximum absolute atomic E-state index is 14.0. The summed E-state index contributed by atoms with van der Waals surface area (Å²) in [6.07, 6.45) is 1.84. The maximum Gasteiger partial charge on any atom is 0.352 e. The Hall–Kier alpha value is -2.55. The van der Waals surface area contributed by atoms with Crippen molar-refractivity contribution in [3.8, 4) is 11.4 Å². The van der Waals surface area contributed by atoms with Gasteiger partial charge in [0.05, 0.1) is 25.5 Å². The van der Waals surface area contributed by atoms with Crippen LogP contribution in [0.5, 0.6) is 5.75 Å². The van der Waals surface area contributed by atoms with Crippen molar-refractivity contribution in [3.05, 3.63) is 36.2 Å². The first kappa shape index (κ1) is 17.3. The van der Waals surface area contributed by atoms with E-state index in [0.29, 0.717) is 23.6 Å². The molecule has 0 aliphatic heterocycles. The van der Waals surface area contributed by atoms with E-state index in [-0.39, 0.29) is 19.4 Å². The molecule has 1 aliphatic carbocycles. The highest BCUT2D eigenvalue weighted by Gasteiger charge is 2.61. The molecule has 7 nitrogen and oxygen atoms in total. The molecule has 1 heterocycles. The van der Waals surface area contributed by atoms with Gasteiger partial charge in [-0.1, -0.05) is 5.21 Å². The second-order valence-corrected chi connectivity index (χ2v) is 5.99. The largest absolute Gasteiger partial charge is 0.497 e. The van der Waals surface area contributed by atoms with Crippen LogP contribution in [0.4, 0.5) is 8.78 Å². The first-order valence-corrected chi connectivity index (χ1v) is 7.80. The number of nitrogens with one attached hydrogen (secondary N) is 1. The van der Waals surface area contributed by atoms with Crippen molar-refractivity contribution >= 4 is 5.91 Å². The van der Waals surface area contributed by atoms with Gasteiger partial charge in [-0.05, 0) is 43.5 Å². The Morgan fingerprint density at radius 3 is 2.64 bits per heavy atom. The fourth-order valence-corrected chi connectivity index (χ4v) is 2.56. The highest BCUT2D eigenvalue weighted by atomic mass is 19.3. The molecule has 0 unspecified atom stereocenters. The first-order valence-electron chi connectivity index (χ1n) is 7.80. The summed E-state index contributed by atoms with van der Waals surface area (Å²) in [7, 11) is 1.56. The Balaban J connectivity index is 1.62. The SMILES string of the molecule is COc1ccc(-n2cc(CNC(=O)C(F)(F)C3(O)CCC3)nn2)cc1. The minimum Gasteiger partial charge on any atom is -0.497 e. The van der Waals surface area contributed by atoms with Gasteiger partial charge in [0.25, 0.3) is 5.91 Å². The van der Waals surface area contributed by atoms with Gasteiger partial charge in [-0.25, -0.2) is 4.68 Å². The van der Waals surface area contributed by atoms with Crippen LogP contribution in [0.3, 0.4) is 0 Å². The molecule has 25 heavy (non-hydrogen) atoms. The molecule has 9 heteroatoms. The number of rotatable bonds is 6. The number of halogens is 2.